The number of likely N-dealkylation sites (tertiary alicyclic amines) is 1. The third-order valence-corrected chi connectivity index (χ3v) is 7.42. The van der Waals surface area contributed by atoms with Gasteiger partial charge in [-0.25, -0.2) is 0 Å². The Morgan fingerprint density at radius 1 is 1.00 bits per heavy atom. The molecule has 3 amide bonds. The first-order chi connectivity index (χ1) is 15.6. The Morgan fingerprint density at radius 2 is 1.78 bits per heavy atom. The average Bonchev–Trinajstić information content (AvgIpc) is 3.54. The molecule has 4 aliphatic rings. The van der Waals surface area contributed by atoms with Crippen LogP contribution < -0.4 is 10.6 Å². The lowest BCUT2D eigenvalue weighted by molar-refractivity contribution is -0.144. The summed E-state index contributed by atoms with van der Waals surface area (Å²) in [4.78, 5) is 42.1. The van der Waals surface area contributed by atoms with Crippen molar-refractivity contribution in [1.82, 2.24) is 10.2 Å². The molecule has 3 saturated heterocycles. The molecule has 2 aromatic rings. The number of amides is 3. The SMILES string of the molecule is O=C1[C@H]2[C@H](Cc3ccccc3)N[C@@]3(C(=O)Nc4ccccc43)[C@H]2C(=O)N1C[C@H]1CCCO1. The number of para-hydroxylation sites is 1. The van der Waals surface area contributed by atoms with Crippen LogP contribution in [0.5, 0.6) is 0 Å². The highest BCUT2D eigenvalue weighted by molar-refractivity contribution is 6.15. The van der Waals surface area contributed by atoms with Crippen LogP contribution in [0.4, 0.5) is 5.69 Å². The highest BCUT2D eigenvalue weighted by Gasteiger charge is 2.70. The average molecular weight is 431 g/mol. The Kier molecular flexibility index (Phi) is 4.45. The molecule has 4 heterocycles. The predicted octanol–water partition coefficient (Wildman–Crippen LogP) is 1.83. The molecule has 0 aliphatic carbocycles. The zero-order valence-corrected chi connectivity index (χ0v) is 17.6. The largest absolute Gasteiger partial charge is 0.376 e. The van der Waals surface area contributed by atoms with Gasteiger partial charge in [-0.15, -0.1) is 0 Å². The maximum Gasteiger partial charge on any atom is 0.250 e. The van der Waals surface area contributed by atoms with Crippen molar-refractivity contribution in [2.75, 3.05) is 18.5 Å². The van der Waals surface area contributed by atoms with E-state index in [0.717, 1.165) is 24.0 Å². The van der Waals surface area contributed by atoms with Gasteiger partial charge in [0, 0.05) is 23.9 Å². The molecule has 0 unspecified atom stereocenters. The van der Waals surface area contributed by atoms with Gasteiger partial charge in [-0.05, 0) is 30.9 Å². The van der Waals surface area contributed by atoms with E-state index in [1.807, 2.05) is 54.6 Å². The Labute approximate surface area is 186 Å². The van der Waals surface area contributed by atoms with Crippen molar-refractivity contribution in [3.05, 3.63) is 65.7 Å². The normalized spacial score (nSPS) is 33.1. The quantitative estimate of drug-likeness (QED) is 0.722. The summed E-state index contributed by atoms with van der Waals surface area (Å²) in [5.41, 5.74) is 1.27. The van der Waals surface area contributed by atoms with E-state index in [0.29, 0.717) is 18.7 Å². The van der Waals surface area contributed by atoms with Gasteiger partial charge in [0.1, 0.15) is 5.54 Å². The molecule has 4 aliphatic heterocycles. The van der Waals surface area contributed by atoms with E-state index in [1.165, 1.54) is 4.90 Å². The van der Waals surface area contributed by atoms with Gasteiger partial charge in [0.2, 0.25) is 17.7 Å². The molecule has 32 heavy (non-hydrogen) atoms. The lowest BCUT2D eigenvalue weighted by atomic mass is 9.76. The first-order valence-electron chi connectivity index (χ1n) is 11.3. The Balaban J connectivity index is 1.43. The number of hydrogen-bond donors (Lipinski definition) is 2. The highest BCUT2D eigenvalue weighted by Crippen LogP contribution is 2.53. The second-order valence-electron chi connectivity index (χ2n) is 9.17. The van der Waals surface area contributed by atoms with Gasteiger partial charge in [0.05, 0.1) is 24.5 Å². The van der Waals surface area contributed by atoms with Gasteiger partial charge in [-0.2, -0.15) is 0 Å². The van der Waals surface area contributed by atoms with Crippen molar-refractivity contribution in [3.8, 4) is 0 Å². The van der Waals surface area contributed by atoms with Crippen molar-refractivity contribution >= 4 is 23.4 Å². The number of imide groups is 1. The smallest absolute Gasteiger partial charge is 0.250 e. The maximum atomic E-state index is 13.7. The minimum atomic E-state index is -1.24. The number of ether oxygens (including phenoxy) is 1. The molecule has 1 spiro atoms. The van der Waals surface area contributed by atoms with Gasteiger partial charge in [0.15, 0.2) is 0 Å². The maximum absolute atomic E-state index is 13.7. The number of hydrogen-bond acceptors (Lipinski definition) is 5. The standard InChI is InChI=1S/C25H25N3O4/c29-22-20-19(13-15-7-2-1-3-8-15)27-25(17-10-4-5-11-18(17)26-24(25)31)21(20)23(30)28(22)14-16-9-6-12-32-16/h1-5,7-8,10-11,16,19-21,27H,6,9,12-14H2,(H,26,31)/t16-,19+,20+,21-,25-/m1/s1. The number of nitrogens with zero attached hydrogens (tertiary/aromatic N) is 1. The molecule has 0 radical (unpaired) electrons. The summed E-state index contributed by atoms with van der Waals surface area (Å²) < 4.78 is 5.71. The van der Waals surface area contributed by atoms with Gasteiger partial charge in [-0.1, -0.05) is 48.5 Å². The number of anilines is 1. The monoisotopic (exact) mass is 431 g/mol. The van der Waals surface area contributed by atoms with Crippen LogP contribution in [-0.4, -0.2) is 47.9 Å². The summed E-state index contributed by atoms with van der Waals surface area (Å²) in [5.74, 6) is -2.09. The van der Waals surface area contributed by atoms with Gasteiger partial charge < -0.3 is 10.1 Å². The van der Waals surface area contributed by atoms with Crippen LogP contribution in [0.15, 0.2) is 54.6 Å². The van der Waals surface area contributed by atoms with Crippen LogP contribution in [0, 0.1) is 11.8 Å². The highest BCUT2D eigenvalue weighted by atomic mass is 16.5. The molecule has 2 aromatic carbocycles. The van der Waals surface area contributed by atoms with Crippen molar-refractivity contribution in [1.29, 1.82) is 0 Å². The first kappa shape index (κ1) is 19.6. The topological polar surface area (TPSA) is 87.7 Å². The van der Waals surface area contributed by atoms with E-state index in [9.17, 15) is 14.4 Å². The molecule has 3 fully saturated rings. The molecule has 7 nitrogen and oxygen atoms in total. The van der Waals surface area contributed by atoms with Crippen LogP contribution in [0.2, 0.25) is 0 Å². The number of carbonyl (C=O) groups excluding carboxylic acids is 3. The van der Waals surface area contributed by atoms with Crippen LogP contribution in [0.1, 0.15) is 24.0 Å². The molecular formula is C25H25N3O4. The fourth-order valence-electron chi connectivity index (χ4n) is 6.03. The molecule has 2 N–H and O–H groups in total. The molecule has 164 valence electrons. The fraction of sp³-hybridized carbons (Fsp3) is 0.400. The summed E-state index contributed by atoms with van der Waals surface area (Å²) in [5, 5.41) is 6.43. The third-order valence-electron chi connectivity index (χ3n) is 7.42. The minimum Gasteiger partial charge on any atom is -0.376 e. The van der Waals surface area contributed by atoms with Crippen molar-refractivity contribution < 1.29 is 19.1 Å². The molecule has 0 saturated carbocycles. The lowest BCUT2D eigenvalue weighted by Crippen LogP contribution is -2.54. The van der Waals surface area contributed by atoms with Crippen LogP contribution >= 0.6 is 0 Å². The van der Waals surface area contributed by atoms with Gasteiger partial charge in [-0.3, -0.25) is 24.6 Å². The predicted molar refractivity (Wildman–Crippen MR) is 116 cm³/mol. The van der Waals surface area contributed by atoms with E-state index in [2.05, 4.69) is 10.6 Å². The lowest BCUT2D eigenvalue weighted by Gasteiger charge is -2.30. The fourth-order valence-corrected chi connectivity index (χ4v) is 6.03. The zero-order chi connectivity index (χ0) is 21.9. The minimum absolute atomic E-state index is 0.122. The van der Waals surface area contributed by atoms with E-state index >= 15 is 0 Å². The second-order valence-corrected chi connectivity index (χ2v) is 9.17. The Bertz CT molecular complexity index is 1100. The molecule has 5 atom stereocenters. The van der Waals surface area contributed by atoms with Crippen molar-refractivity contribution in [2.45, 2.75) is 36.9 Å². The number of nitrogens with one attached hydrogen (secondary N) is 2. The molecule has 7 heteroatoms. The van der Waals surface area contributed by atoms with E-state index in [-0.39, 0.29) is 36.4 Å². The summed E-state index contributed by atoms with van der Waals surface area (Å²) in [6.07, 6.45) is 2.22. The van der Waals surface area contributed by atoms with Crippen LogP contribution in [0.25, 0.3) is 0 Å². The van der Waals surface area contributed by atoms with Crippen molar-refractivity contribution in [3.63, 3.8) is 0 Å². The molecular weight excluding hydrogens is 406 g/mol. The van der Waals surface area contributed by atoms with Gasteiger partial charge >= 0.3 is 0 Å². The van der Waals surface area contributed by atoms with Gasteiger partial charge in [0.25, 0.3) is 0 Å². The Morgan fingerprint density at radius 3 is 2.56 bits per heavy atom. The van der Waals surface area contributed by atoms with Crippen LogP contribution in [0.3, 0.4) is 0 Å². The Hall–Kier alpha value is -3.03. The first-order valence-corrected chi connectivity index (χ1v) is 11.3. The number of fused-ring (bicyclic) bond motifs is 4. The van der Waals surface area contributed by atoms with Crippen LogP contribution in [-0.2, 0) is 31.1 Å². The summed E-state index contributed by atoms with van der Waals surface area (Å²) >= 11 is 0. The summed E-state index contributed by atoms with van der Waals surface area (Å²) in [6.45, 7) is 0.924. The summed E-state index contributed by atoms with van der Waals surface area (Å²) in [7, 11) is 0. The van der Waals surface area contributed by atoms with E-state index in [4.69, 9.17) is 4.74 Å². The second kappa shape index (κ2) is 7.25. The molecule has 0 aromatic heterocycles. The molecule has 6 rings (SSSR count). The molecule has 0 bridgehead atoms. The van der Waals surface area contributed by atoms with E-state index < -0.39 is 17.4 Å². The van der Waals surface area contributed by atoms with E-state index in [1.54, 1.807) is 0 Å². The number of benzene rings is 2. The number of carbonyl (C=O) groups is 3. The summed E-state index contributed by atoms with van der Waals surface area (Å²) in [6, 6.07) is 17.0. The van der Waals surface area contributed by atoms with Crippen molar-refractivity contribution in [2.24, 2.45) is 11.8 Å². The zero-order valence-electron chi connectivity index (χ0n) is 17.6. The number of rotatable bonds is 4. The third kappa shape index (κ3) is 2.71.